The summed E-state index contributed by atoms with van der Waals surface area (Å²) in [5, 5.41) is 0.571. The van der Waals surface area contributed by atoms with Crippen LogP contribution in [0.4, 0.5) is 0 Å². The van der Waals surface area contributed by atoms with Crippen LogP contribution in [-0.4, -0.2) is 36.3 Å². The van der Waals surface area contributed by atoms with Crippen molar-refractivity contribution in [2.45, 2.75) is 42.8 Å². The fourth-order valence-corrected chi connectivity index (χ4v) is 4.22. The molecule has 3 rings (SSSR count). The predicted molar refractivity (Wildman–Crippen MR) is 108 cm³/mol. The average Bonchev–Trinajstić information content (AvgIpc) is 3.13. The number of methoxy groups -OCH3 is 1. The molecule has 1 aliphatic rings. The van der Waals surface area contributed by atoms with E-state index in [-0.39, 0.29) is 5.91 Å². The second-order valence-electron chi connectivity index (χ2n) is 7.09. The van der Waals surface area contributed by atoms with Gasteiger partial charge in [-0.3, -0.25) is 4.79 Å². The van der Waals surface area contributed by atoms with Crippen molar-refractivity contribution in [3.8, 4) is 5.75 Å². The highest BCUT2D eigenvalue weighted by Gasteiger charge is 2.27. The van der Waals surface area contributed by atoms with Crippen molar-refractivity contribution in [3.63, 3.8) is 0 Å². The number of thioether (sulfide) groups is 1. The van der Waals surface area contributed by atoms with E-state index < -0.39 is 0 Å². The molecule has 0 aliphatic carbocycles. The molecule has 3 nitrogen and oxygen atoms in total. The number of carbonyl (C=O) groups excluding carboxylic acids is 1. The summed E-state index contributed by atoms with van der Waals surface area (Å²) in [5.74, 6) is 1.53. The highest BCUT2D eigenvalue weighted by Crippen LogP contribution is 2.29. The predicted octanol–water partition coefficient (Wildman–Crippen LogP) is 4.75. The molecular formula is C22H27NO2S. The quantitative estimate of drug-likeness (QED) is 0.688. The molecule has 0 bridgehead atoms. The summed E-state index contributed by atoms with van der Waals surface area (Å²) in [6.45, 7) is 6.03. The molecule has 1 atom stereocenters. The lowest BCUT2D eigenvalue weighted by Gasteiger charge is -2.17. The Morgan fingerprint density at radius 1 is 1.15 bits per heavy atom. The van der Waals surface area contributed by atoms with Crippen LogP contribution in [0.15, 0.2) is 53.4 Å². The first-order valence-electron chi connectivity index (χ1n) is 9.22. The van der Waals surface area contributed by atoms with Gasteiger partial charge in [-0.1, -0.05) is 38.1 Å². The van der Waals surface area contributed by atoms with Crippen molar-refractivity contribution in [3.05, 3.63) is 59.7 Å². The molecular weight excluding hydrogens is 342 g/mol. The van der Waals surface area contributed by atoms with Crippen LogP contribution in [0.5, 0.6) is 5.75 Å². The number of hydrogen-bond donors (Lipinski definition) is 0. The molecule has 2 aromatic rings. The highest BCUT2D eigenvalue weighted by molar-refractivity contribution is 7.99. The first kappa shape index (κ1) is 18.8. The van der Waals surface area contributed by atoms with Crippen LogP contribution in [0.2, 0.25) is 0 Å². The number of ether oxygens (including phenoxy) is 1. The topological polar surface area (TPSA) is 29.5 Å². The van der Waals surface area contributed by atoms with Crippen LogP contribution in [0.25, 0.3) is 0 Å². The molecule has 1 unspecified atom stereocenters. The average molecular weight is 370 g/mol. The summed E-state index contributed by atoms with van der Waals surface area (Å²) < 4.78 is 5.22. The van der Waals surface area contributed by atoms with Crippen LogP contribution < -0.4 is 4.74 Å². The van der Waals surface area contributed by atoms with E-state index in [0.717, 1.165) is 30.8 Å². The Hall–Kier alpha value is -1.94. The Morgan fingerprint density at radius 2 is 1.85 bits per heavy atom. The van der Waals surface area contributed by atoms with Gasteiger partial charge in [-0.05, 0) is 41.8 Å². The van der Waals surface area contributed by atoms with E-state index in [9.17, 15) is 4.79 Å². The second-order valence-corrected chi connectivity index (χ2v) is 8.74. The van der Waals surface area contributed by atoms with Gasteiger partial charge in [0.2, 0.25) is 5.91 Å². The summed E-state index contributed by atoms with van der Waals surface area (Å²) in [6, 6.07) is 16.6. The lowest BCUT2D eigenvalue weighted by atomic mass is 9.98. The third-order valence-corrected chi connectivity index (χ3v) is 5.79. The fourth-order valence-electron chi connectivity index (χ4n) is 3.38. The Morgan fingerprint density at radius 3 is 2.46 bits per heavy atom. The van der Waals surface area contributed by atoms with Crippen molar-refractivity contribution in [1.29, 1.82) is 0 Å². The lowest BCUT2D eigenvalue weighted by molar-refractivity contribution is -0.129. The number of likely N-dealkylation sites (tertiary alicyclic amines) is 1. The summed E-state index contributed by atoms with van der Waals surface area (Å²) in [5.41, 5.74) is 2.38. The van der Waals surface area contributed by atoms with E-state index >= 15 is 0 Å². The van der Waals surface area contributed by atoms with Crippen LogP contribution in [0.3, 0.4) is 0 Å². The molecule has 26 heavy (non-hydrogen) atoms. The molecule has 0 aromatic heterocycles. The van der Waals surface area contributed by atoms with Gasteiger partial charge in [-0.15, -0.1) is 11.8 Å². The molecule has 0 radical (unpaired) electrons. The first-order valence-corrected chi connectivity index (χ1v) is 10.1. The number of hydrogen-bond acceptors (Lipinski definition) is 3. The van der Waals surface area contributed by atoms with Crippen molar-refractivity contribution >= 4 is 17.7 Å². The van der Waals surface area contributed by atoms with Crippen LogP contribution in [0, 0.1) is 0 Å². The summed E-state index contributed by atoms with van der Waals surface area (Å²) in [4.78, 5) is 15.9. The van der Waals surface area contributed by atoms with Gasteiger partial charge in [0.05, 0.1) is 13.5 Å². The number of nitrogens with zero attached hydrogens (tertiary/aromatic N) is 1. The zero-order chi connectivity index (χ0) is 18.5. The summed E-state index contributed by atoms with van der Waals surface area (Å²) in [7, 11) is 1.68. The van der Waals surface area contributed by atoms with E-state index in [4.69, 9.17) is 4.74 Å². The van der Waals surface area contributed by atoms with Gasteiger partial charge < -0.3 is 9.64 Å². The van der Waals surface area contributed by atoms with E-state index in [1.165, 1.54) is 10.5 Å². The molecule has 0 saturated carbocycles. The van der Waals surface area contributed by atoms with E-state index in [0.29, 0.717) is 17.6 Å². The summed E-state index contributed by atoms with van der Waals surface area (Å²) in [6.07, 6.45) is 1.52. The van der Waals surface area contributed by atoms with Gasteiger partial charge in [0.25, 0.3) is 0 Å². The largest absolute Gasteiger partial charge is 0.497 e. The molecule has 0 N–H and O–H groups in total. The lowest BCUT2D eigenvalue weighted by Crippen LogP contribution is -2.29. The van der Waals surface area contributed by atoms with Gasteiger partial charge in [0, 0.05) is 29.2 Å². The zero-order valence-corrected chi connectivity index (χ0v) is 16.6. The SMILES string of the molecule is COc1ccc(C2CCN(C(=O)Cc3ccc(SC(C)C)cc3)C2)cc1. The highest BCUT2D eigenvalue weighted by atomic mass is 32.2. The molecule has 1 fully saturated rings. The Bertz CT molecular complexity index is 725. The molecule has 1 saturated heterocycles. The second kappa shape index (κ2) is 8.63. The minimum Gasteiger partial charge on any atom is -0.497 e. The van der Waals surface area contributed by atoms with Gasteiger partial charge >= 0.3 is 0 Å². The standard InChI is InChI=1S/C22H27NO2S/c1-16(2)26-21-10-4-17(5-11-21)14-22(24)23-13-12-19(15-23)18-6-8-20(25-3)9-7-18/h4-11,16,19H,12-15H2,1-3H3. The monoisotopic (exact) mass is 369 g/mol. The van der Waals surface area contributed by atoms with Crippen molar-refractivity contribution in [2.24, 2.45) is 0 Å². The fraction of sp³-hybridized carbons (Fsp3) is 0.409. The first-order chi connectivity index (χ1) is 12.5. The van der Waals surface area contributed by atoms with E-state index in [1.807, 2.05) is 28.8 Å². The van der Waals surface area contributed by atoms with Crippen molar-refractivity contribution in [1.82, 2.24) is 4.90 Å². The maximum atomic E-state index is 12.7. The van der Waals surface area contributed by atoms with Crippen molar-refractivity contribution < 1.29 is 9.53 Å². The van der Waals surface area contributed by atoms with E-state index in [2.05, 4.69) is 50.2 Å². The smallest absolute Gasteiger partial charge is 0.227 e. The molecule has 1 aliphatic heterocycles. The van der Waals surface area contributed by atoms with E-state index in [1.54, 1.807) is 7.11 Å². The van der Waals surface area contributed by atoms with Crippen molar-refractivity contribution in [2.75, 3.05) is 20.2 Å². The third-order valence-electron chi connectivity index (χ3n) is 4.78. The number of carbonyl (C=O) groups is 1. The molecule has 2 aromatic carbocycles. The molecule has 0 spiro atoms. The van der Waals surface area contributed by atoms with Crippen LogP contribution >= 0.6 is 11.8 Å². The minimum atomic E-state index is 0.227. The number of benzene rings is 2. The molecule has 1 heterocycles. The third kappa shape index (κ3) is 4.82. The molecule has 4 heteroatoms. The summed E-state index contributed by atoms with van der Waals surface area (Å²) >= 11 is 1.85. The molecule has 138 valence electrons. The number of amides is 1. The number of rotatable bonds is 6. The Kier molecular flexibility index (Phi) is 6.25. The van der Waals surface area contributed by atoms with Crippen LogP contribution in [-0.2, 0) is 11.2 Å². The zero-order valence-electron chi connectivity index (χ0n) is 15.8. The maximum Gasteiger partial charge on any atom is 0.227 e. The van der Waals surface area contributed by atoms with Gasteiger partial charge in [-0.25, -0.2) is 0 Å². The van der Waals surface area contributed by atoms with Gasteiger partial charge in [0.1, 0.15) is 5.75 Å². The minimum absolute atomic E-state index is 0.227. The molecule has 1 amide bonds. The normalized spacial score (nSPS) is 16.9. The van der Waals surface area contributed by atoms with Gasteiger partial charge in [0.15, 0.2) is 0 Å². The Labute approximate surface area is 160 Å². The van der Waals surface area contributed by atoms with Gasteiger partial charge in [-0.2, -0.15) is 0 Å². The Balaban J connectivity index is 1.55. The van der Waals surface area contributed by atoms with Crippen LogP contribution in [0.1, 0.15) is 37.3 Å². The maximum absolute atomic E-state index is 12.7.